The van der Waals surface area contributed by atoms with Crippen LogP contribution in [0.1, 0.15) is 5.56 Å². The second kappa shape index (κ2) is 6.15. The van der Waals surface area contributed by atoms with Crippen LogP contribution in [0.3, 0.4) is 0 Å². The fourth-order valence-electron chi connectivity index (χ4n) is 1.98. The van der Waals surface area contributed by atoms with Crippen LogP contribution in [0.5, 0.6) is 5.75 Å². The maximum Gasteiger partial charge on any atom is 0.499 e. The highest BCUT2D eigenvalue weighted by Gasteiger charge is 2.61. The summed E-state index contributed by atoms with van der Waals surface area (Å²) in [5.41, 5.74) is 0.618. The van der Waals surface area contributed by atoms with Gasteiger partial charge in [0.2, 0.25) is 0 Å². The van der Waals surface area contributed by atoms with Gasteiger partial charge in [-0.2, -0.15) is 22.0 Å². The summed E-state index contributed by atoms with van der Waals surface area (Å²) in [4.78, 5) is 2.05. The molecule has 2 rings (SSSR count). The molecule has 1 aromatic carbocycles. The van der Waals surface area contributed by atoms with Gasteiger partial charge in [-0.1, -0.05) is 12.1 Å². The molecular formula is C13H14F5N2O. The highest BCUT2D eigenvalue weighted by atomic mass is 19.4. The molecule has 0 unspecified atom stereocenters. The van der Waals surface area contributed by atoms with Crippen LogP contribution in [0.2, 0.25) is 0 Å². The van der Waals surface area contributed by atoms with E-state index in [4.69, 9.17) is 0 Å². The van der Waals surface area contributed by atoms with Gasteiger partial charge in [0.25, 0.3) is 0 Å². The van der Waals surface area contributed by atoms with Crippen LogP contribution in [-0.4, -0.2) is 43.4 Å². The van der Waals surface area contributed by atoms with E-state index in [1.54, 1.807) is 6.07 Å². The Kier molecular flexibility index (Phi) is 4.67. The summed E-state index contributed by atoms with van der Waals surface area (Å²) >= 11 is 0. The SMILES string of the molecule is FC(F)(F)C(F)(F)Oc1cccc(CN2CC[N]CC2)c1. The number of ether oxygens (including phenoxy) is 1. The van der Waals surface area contributed by atoms with Crippen LogP contribution in [0, 0.1) is 0 Å². The molecule has 1 aliphatic rings. The van der Waals surface area contributed by atoms with Crippen molar-refractivity contribution >= 4 is 0 Å². The van der Waals surface area contributed by atoms with Crippen LogP contribution < -0.4 is 10.1 Å². The largest absolute Gasteiger partial charge is 0.499 e. The number of nitrogens with zero attached hydrogens (tertiary/aromatic N) is 2. The molecule has 0 saturated carbocycles. The molecule has 8 heteroatoms. The van der Waals surface area contributed by atoms with E-state index in [0.29, 0.717) is 25.2 Å². The maximum absolute atomic E-state index is 12.8. The zero-order valence-electron chi connectivity index (χ0n) is 11.0. The van der Waals surface area contributed by atoms with Gasteiger partial charge in [-0.3, -0.25) is 4.90 Å². The summed E-state index contributed by atoms with van der Waals surface area (Å²) in [6, 6.07) is 5.33. The first kappa shape index (κ1) is 16.0. The fourth-order valence-corrected chi connectivity index (χ4v) is 1.98. The number of hydrogen-bond donors (Lipinski definition) is 0. The predicted molar refractivity (Wildman–Crippen MR) is 65.2 cm³/mol. The van der Waals surface area contributed by atoms with Crippen molar-refractivity contribution in [2.24, 2.45) is 0 Å². The molecule has 1 radical (unpaired) electrons. The van der Waals surface area contributed by atoms with Crippen molar-refractivity contribution in [3.63, 3.8) is 0 Å². The lowest BCUT2D eigenvalue weighted by Gasteiger charge is -2.26. The van der Waals surface area contributed by atoms with E-state index in [-0.39, 0.29) is 0 Å². The van der Waals surface area contributed by atoms with E-state index >= 15 is 0 Å². The van der Waals surface area contributed by atoms with Gasteiger partial charge < -0.3 is 4.74 Å². The molecule has 1 aliphatic heterocycles. The number of rotatable bonds is 4. The second-order valence-corrected chi connectivity index (χ2v) is 4.71. The molecule has 0 atom stereocenters. The Morgan fingerprint density at radius 1 is 1.10 bits per heavy atom. The lowest BCUT2D eigenvalue weighted by molar-refractivity contribution is -0.360. The first-order chi connectivity index (χ1) is 9.78. The van der Waals surface area contributed by atoms with E-state index in [1.807, 2.05) is 4.90 Å². The fraction of sp³-hybridized carbons (Fsp3) is 0.538. The minimum Gasteiger partial charge on any atom is -0.426 e. The van der Waals surface area contributed by atoms with Crippen molar-refractivity contribution in [3.8, 4) is 5.75 Å². The number of halogens is 5. The lowest BCUT2D eigenvalue weighted by atomic mass is 10.2. The second-order valence-electron chi connectivity index (χ2n) is 4.71. The Morgan fingerprint density at radius 2 is 1.76 bits per heavy atom. The molecule has 117 valence electrons. The zero-order valence-corrected chi connectivity index (χ0v) is 11.0. The summed E-state index contributed by atoms with van der Waals surface area (Å²) in [5, 5.41) is 4.17. The predicted octanol–water partition coefficient (Wildman–Crippen LogP) is 2.64. The first-order valence-electron chi connectivity index (χ1n) is 6.36. The zero-order chi connectivity index (χ0) is 15.5. The maximum atomic E-state index is 12.8. The minimum atomic E-state index is -5.74. The molecular weight excluding hydrogens is 295 g/mol. The van der Waals surface area contributed by atoms with Crippen LogP contribution in [0.15, 0.2) is 24.3 Å². The lowest BCUT2D eigenvalue weighted by Crippen LogP contribution is -2.42. The van der Waals surface area contributed by atoms with Gasteiger partial charge in [0, 0.05) is 32.7 Å². The van der Waals surface area contributed by atoms with Crippen LogP contribution >= 0.6 is 0 Å². The highest BCUT2D eigenvalue weighted by Crippen LogP contribution is 2.37. The Hall–Kier alpha value is -1.41. The van der Waals surface area contributed by atoms with E-state index in [1.165, 1.54) is 12.1 Å². The molecule has 1 heterocycles. The van der Waals surface area contributed by atoms with Gasteiger partial charge in [-0.05, 0) is 17.7 Å². The molecule has 3 nitrogen and oxygen atoms in total. The summed E-state index contributed by atoms with van der Waals surface area (Å²) in [5.74, 6) is -0.503. The molecule has 0 aliphatic carbocycles. The van der Waals surface area contributed by atoms with Gasteiger partial charge in [-0.15, -0.1) is 0 Å². The average molecular weight is 309 g/mol. The topological polar surface area (TPSA) is 26.6 Å². The minimum absolute atomic E-state index is 0.463. The summed E-state index contributed by atoms with van der Waals surface area (Å²) in [6.45, 7) is 3.34. The normalized spacial score (nSPS) is 17.8. The quantitative estimate of drug-likeness (QED) is 0.799. The third-order valence-corrected chi connectivity index (χ3v) is 3.03. The van der Waals surface area contributed by atoms with Crippen molar-refractivity contribution < 1.29 is 26.7 Å². The number of alkyl halides is 5. The molecule has 0 amide bonds. The smallest absolute Gasteiger partial charge is 0.426 e. The van der Waals surface area contributed by atoms with Crippen molar-refractivity contribution in [1.29, 1.82) is 0 Å². The number of hydrogen-bond acceptors (Lipinski definition) is 2. The van der Waals surface area contributed by atoms with Crippen LogP contribution in [-0.2, 0) is 6.54 Å². The van der Waals surface area contributed by atoms with Gasteiger partial charge >= 0.3 is 12.3 Å². The van der Waals surface area contributed by atoms with E-state index in [2.05, 4.69) is 10.1 Å². The third-order valence-electron chi connectivity index (χ3n) is 3.03. The Labute approximate surface area is 118 Å². The van der Waals surface area contributed by atoms with Crippen molar-refractivity contribution in [2.75, 3.05) is 26.2 Å². The number of benzene rings is 1. The Bertz CT molecular complexity index is 472. The molecule has 21 heavy (non-hydrogen) atoms. The van der Waals surface area contributed by atoms with Crippen LogP contribution in [0.4, 0.5) is 22.0 Å². The van der Waals surface area contributed by atoms with E-state index in [0.717, 1.165) is 19.2 Å². The number of piperazine rings is 1. The van der Waals surface area contributed by atoms with E-state index in [9.17, 15) is 22.0 Å². The third kappa shape index (κ3) is 4.28. The van der Waals surface area contributed by atoms with Crippen molar-refractivity contribution in [1.82, 2.24) is 10.2 Å². The molecule has 0 spiro atoms. The van der Waals surface area contributed by atoms with Crippen LogP contribution in [0.25, 0.3) is 0 Å². The molecule has 1 saturated heterocycles. The van der Waals surface area contributed by atoms with Gasteiger partial charge in [0.1, 0.15) is 5.75 Å². The highest BCUT2D eigenvalue weighted by molar-refractivity contribution is 5.29. The van der Waals surface area contributed by atoms with Gasteiger partial charge in [0.15, 0.2) is 0 Å². The summed E-state index contributed by atoms with van der Waals surface area (Å²) < 4.78 is 65.8. The van der Waals surface area contributed by atoms with Gasteiger partial charge in [-0.25, -0.2) is 5.32 Å². The standard InChI is InChI=1S/C13H14F5N2O/c14-12(15,16)13(17,18)21-11-3-1-2-10(8-11)9-20-6-4-19-5-7-20/h1-3,8H,4-7,9H2. The Balaban J connectivity index is 2.03. The Morgan fingerprint density at radius 3 is 2.38 bits per heavy atom. The monoisotopic (exact) mass is 309 g/mol. The average Bonchev–Trinajstić information content (AvgIpc) is 2.38. The molecule has 0 aromatic heterocycles. The van der Waals surface area contributed by atoms with E-state index < -0.39 is 18.0 Å². The molecule has 1 aromatic rings. The molecule has 0 bridgehead atoms. The van der Waals surface area contributed by atoms with Crippen molar-refractivity contribution in [3.05, 3.63) is 29.8 Å². The first-order valence-corrected chi connectivity index (χ1v) is 6.36. The van der Waals surface area contributed by atoms with Gasteiger partial charge in [0.05, 0.1) is 0 Å². The van der Waals surface area contributed by atoms with Crippen molar-refractivity contribution in [2.45, 2.75) is 18.8 Å². The summed E-state index contributed by atoms with van der Waals surface area (Å²) in [7, 11) is 0. The molecule has 0 N–H and O–H groups in total. The summed E-state index contributed by atoms with van der Waals surface area (Å²) in [6.07, 6.45) is -10.9. The molecule has 1 fully saturated rings.